The highest BCUT2D eigenvalue weighted by Crippen LogP contribution is 2.35. The van der Waals surface area contributed by atoms with E-state index in [0.717, 1.165) is 20.9 Å². The molecule has 0 fully saturated rings. The van der Waals surface area contributed by atoms with Crippen molar-refractivity contribution in [1.82, 2.24) is 0 Å². The van der Waals surface area contributed by atoms with Crippen LogP contribution in [0.15, 0.2) is 85.0 Å². The number of carbonyl (C=O) groups is 4. The van der Waals surface area contributed by atoms with E-state index in [0.29, 0.717) is 34.4 Å². The molecule has 2 aliphatic heterocycles. The largest absolute Gasteiger partial charge is 0.457 e. The number of ether oxygens (including phenoxy) is 2. The van der Waals surface area contributed by atoms with E-state index >= 15 is 0 Å². The van der Waals surface area contributed by atoms with Crippen molar-refractivity contribution in [2.45, 2.75) is 13.8 Å². The van der Waals surface area contributed by atoms with Gasteiger partial charge in [-0.05, 0) is 85.6 Å². The van der Waals surface area contributed by atoms with Gasteiger partial charge in [0.05, 0.1) is 11.4 Å². The topological polar surface area (TPSA) is 93.2 Å². The SMILES string of the molecule is Cc1c(Oc2ccc(N3C(=O)C=CC3=O)cc2)ccc(Oc2ccc(N3C(=O)C=CC3=O)cc2)c1C. The summed E-state index contributed by atoms with van der Waals surface area (Å²) in [6.07, 6.45) is 4.96. The van der Waals surface area contributed by atoms with Gasteiger partial charge in [-0.3, -0.25) is 19.2 Å². The normalized spacial score (nSPS) is 14.8. The third kappa shape index (κ3) is 4.16. The molecule has 2 aliphatic rings. The number of hydrogen-bond donors (Lipinski definition) is 0. The first-order chi connectivity index (χ1) is 17.3. The zero-order chi connectivity index (χ0) is 25.4. The number of carbonyl (C=O) groups excluding carboxylic acids is 4. The Bertz CT molecular complexity index is 1320. The summed E-state index contributed by atoms with van der Waals surface area (Å²) >= 11 is 0. The molecule has 0 bridgehead atoms. The average molecular weight is 480 g/mol. The molecule has 2 heterocycles. The number of hydrogen-bond acceptors (Lipinski definition) is 6. The maximum Gasteiger partial charge on any atom is 0.258 e. The molecule has 0 atom stereocenters. The lowest BCUT2D eigenvalue weighted by Crippen LogP contribution is -2.29. The smallest absolute Gasteiger partial charge is 0.258 e. The van der Waals surface area contributed by atoms with Crippen molar-refractivity contribution in [2.75, 3.05) is 9.80 Å². The van der Waals surface area contributed by atoms with Gasteiger partial charge in [-0.25, -0.2) is 9.80 Å². The summed E-state index contributed by atoms with van der Waals surface area (Å²) in [5.74, 6) is 0.880. The minimum Gasteiger partial charge on any atom is -0.457 e. The van der Waals surface area contributed by atoms with Gasteiger partial charge in [0.15, 0.2) is 0 Å². The molecule has 0 N–H and O–H groups in total. The highest BCUT2D eigenvalue weighted by molar-refractivity contribution is 6.28. The molecule has 0 saturated heterocycles. The molecular weight excluding hydrogens is 460 g/mol. The van der Waals surface area contributed by atoms with Crippen molar-refractivity contribution < 1.29 is 28.7 Å². The second-order valence-corrected chi connectivity index (χ2v) is 8.19. The minimum atomic E-state index is -0.375. The lowest BCUT2D eigenvalue weighted by atomic mass is 10.1. The number of anilines is 2. The minimum absolute atomic E-state index is 0.375. The van der Waals surface area contributed by atoms with Crippen LogP contribution in [-0.4, -0.2) is 23.6 Å². The Morgan fingerprint density at radius 3 is 1.08 bits per heavy atom. The van der Waals surface area contributed by atoms with Crippen LogP contribution in [0, 0.1) is 13.8 Å². The number of imide groups is 2. The first kappa shape index (κ1) is 22.8. The van der Waals surface area contributed by atoms with Crippen LogP contribution < -0.4 is 19.3 Å². The van der Waals surface area contributed by atoms with Gasteiger partial charge in [0.1, 0.15) is 23.0 Å². The summed E-state index contributed by atoms with van der Waals surface area (Å²) in [5, 5.41) is 0. The molecule has 178 valence electrons. The summed E-state index contributed by atoms with van der Waals surface area (Å²) in [6.45, 7) is 3.83. The molecule has 4 amide bonds. The van der Waals surface area contributed by atoms with Gasteiger partial charge in [0.2, 0.25) is 0 Å². The van der Waals surface area contributed by atoms with Crippen LogP contribution in [0.3, 0.4) is 0 Å². The molecule has 0 radical (unpaired) electrons. The molecule has 3 aromatic carbocycles. The monoisotopic (exact) mass is 480 g/mol. The lowest BCUT2D eigenvalue weighted by Gasteiger charge is -2.17. The van der Waals surface area contributed by atoms with E-state index in [9.17, 15) is 19.2 Å². The fraction of sp³-hybridized carbons (Fsp3) is 0.0714. The maximum absolute atomic E-state index is 11.9. The molecule has 0 aliphatic carbocycles. The second-order valence-electron chi connectivity index (χ2n) is 8.19. The zero-order valence-electron chi connectivity index (χ0n) is 19.4. The summed E-state index contributed by atoms with van der Waals surface area (Å²) in [6, 6.07) is 17.0. The molecule has 0 saturated carbocycles. The van der Waals surface area contributed by atoms with E-state index in [1.165, 1.54) is 24.3 Å². The van der Waals surface area contributed by atoms with Crippen LogP contribution in [-0.2, 0) is 19.2 Å². The van der Waals surface area contributed by atoms with Gasteiger partial charge >= 0.3 is 0 Å². The summed E-state index contributed by atoms with van der Waals surface area (Å²) < 4.78 is 12.0. The Labute approximate surface area is 206 Å². The van der Waals surface area contributed by atoms with E-state index in [1.807, 2.05) is 13.8 Å². The van der Waals surface area contributed by atoms with Crippen molar-refractivity contribution in [3.05, 3.63) is 96.1 Å². The number of nitrogens with zero attached hydrogens (tertiary/aromatic N) is 2. The van der Waals surface area contributed by atoms with Crippen molar-refractivity contribution in [3.63, 3.8) is 0 Å². The molecule has 0 spiro atoms. The summed E-state index contributed by atoms with van der Waals surface area (Å²) in [7, 11) is 0. The fourth-order valence-electron chi connectivity index (χ4n) is 3.88. The highest BCUT2D eigenvalue weighted by atomic mass is 16.5. The molecule has 36 heavy (non-hydrogen) atoms. The van der Waals surface area contributed by atoms with Crippen molar-refractivity contribution in [3.8, 4) is 23.0 Å². The van der Waals surface area contributed by atoms with Gasteiger partial charge in [-0.2, -0.15) is 0 Å². The maximum atomic E-state index is 11.9. The first-order valence-electron chi connectivity index (χ1n) is 11.1. The van der Waals surface area contributed by atoms with Crippen LogP contribution in [0.4, 0.5) is 11.4 Å². The van der Waals surface area contributed by atoms with Gasteiger partial charge in [0.25, 0.3) is 23.6 Å². The molecular formula is C28H20N2O6. The summed E-state index contributed by atoms with van der Waals surface area (Å²) in [5.41, 5.74) is 2.70. The highest BCUT2D eigenvalue weighted by Gasteiger charge is 2.26. The van der Waals surface area contributed by atoms with E-state index in [4.69, 9.17) is 9.47 Å². The Kier molecular flexibility index (Phi) is 5.69. The van der Waals surface area contributed by atoms with Crippen LogP contribution in [0.25, 0.3) is 0 Å². The Morgan fingerprint density at radius 1 is 0.472 bits per heavy atom. The third-order valence-corrected chi connectivity index (χ3v) is 5.95. The van der Waals surface area contributed by atoms with E-state index in [-0.39, 0.29) is 23.6 Å². The molecule has 0 aromatic heterocycles. The predicted octanol–water partition coefficient (Wildman–Crippen LogP) is 4.75. The summed E-state index contributed by atoms with van der Waals surface area (Å²) in [4.78, 5) is 49.6. The van der Waals surface area contributed by atoms with Gasteiger partial charge in [0, 0.05) is 24.3 Å². The Hall–Kier alpha value is -4.98. The van der Waals surface area contributed by atoms with Gasteiger partial charge in [-0.1, -0.05) is 0 Å². The molecule has 5 rings (SSSR count). The Morgan fingerprint density at radius 2 is 0.778 bits per heavy atom. The Balaban J connectivity index is 1.28. The van der Waals surface area contributed by atoms with Crippen LogP contribution >= 0.6 is 0 Å². The molecule has 3 aromatic rings. The zero-order valence-corrected chi connectivity index (χ0v) is 19.4. The van der Waals surface area contributed by atoms with Gasteiger partial charge in [-0.15, -0.1) is 0 Å². The van der Waals surface area contributed by atoms with Crippen LogP contribution in [0.5, 0.6) is 23.0 Å². The van der Waals surface area contributed by atoms with E-state index in [2.05, 4.69) is 0 Å². The number of amides is 4. The van der Waals surface area contributed by atoms with Crippen molar-refractivity contribution in [1.29, 1.82) is 0 Å². The average Bonchev–Trinajstić information content (AvgIpc) is 3.39. The molecule has 8 nitrogen and oxygen atoms in total. The van der Waals surface area contributed by atoms with Crippen molar-refractivity contribution >= 4 is 35.0 Å². The quantitative estimate of drug-likeness (QED) is 0.473. The standard InChI is InChI=1S/C28H20N2O6/c1-17-18(2)24(36-22-9-5-20(6-10-22)30-27(33)15-16-28(30)34)12-11-23(17)35-21-7-3-19(4-8-21)29-25(31)13-14-26(29)32/h3-16H,1-2H3. The number of rotatable bonds is 6. The molecule has 0 unspecified atom stereocenters. The van der Waals surface area contributed by atoms with Gasteiger partial charge < -0.3 is 9.47 Å². The number of benzene rings is 3. The van der Waals surface area contributed by atoms with Crippen LogP contribution in [0.1, 0.15) is 11.1 Å². The van der Waals surface area contributed by atoms with E-state index < -0.39 is 0 Å². The van der Waals surface area contributed by atoms with E-state index in [1.54, 1.807) is 60.7 Å². The lowest BCUT2D eigenvalue weighted by molar-refractivity contribution is -0.121. The third-order valence-electron chi connectivity index (χ3n) is 5.95. The fourth-order valence-corrected chi connectivity index (χ4v) is 3.88. The molecule has 8 heteroatoms. The first-order valence-corrected chi connectivity index (χ1v) is 11.1. The van der Waals surface area contributed by atoms with Crippen LogP contribution in [0.2, 0.25) is 0 Å². The second kappa shape index (κ2) is 8.99. The predicted molar refractivity (Wildman–Crippen MR) is 132 cm³/mol. The van der Waals surface area contributed by atoms with Crippen molar-refractivity contribution in [2.24, 2.45) is 0 Å².